The number of methoxy groups -OCH3 is 1. The summed E-state index contributed by atoms with van der Waals surface area (Å²) in [5.74, 6) is -0.517. The lowest BCUT2D eigenvalue weighted by Crippen LogP contribution is -2.30. The molecule has 5 heteroatoms. The van der Waals surface area contributed by atoms with Crippen LogP contribution in [0.3, 0.4) is 0 Å². The summed E-state index contributed by atoms with van der Waals surface area (Å²) in [6, 6.07) is 4.72. The zero-order valence-electron chi connectivity index (χ0n) is 11.6. The third-order valence-electron chi connectivity index (χ3n) is 3.35. The number of amides is 1. The highest BCUT2D eigenvalue weighted by Crippen LogP contribution is 2.29. The zero-order valence-corrected chi connectivity index (χ0v) is 11.6. The molecule has 1 aliphatic rings. The maximum absolute atomic E-state index is 11.9. The van der Waals surface area contributed by atoms with Gasteiger partial charge < -0.3 is 10.1 Å². The average Bonchev–Trinajstić information content (AvgIpc) is 3.28. The molecule has 106 valence electrons. The van der Waals surface area contributed by atoms with E-state index in [0.29, 0.717) is 16.7 Å². The molecule has 0 aromatic heterocycles. The lowest BCUT2D eigenvalue weighted by Gasteiger charge is -2.07. The number of benzene rings is 1. The Morgan fingerprint density at radius 3 is 2.55 bits per heavy atom. The summed E-state index contributed by atoms with van der Waals surface area (Å²) >= 11 is 0. The van der Waals surface area contributed by atoms with Gasteiger partial charge in [-0.3, -0.25) is 9.59 Å². The number of aryl methyl sites for hydroxylation is 1. The quantitative estimate of drug-likeness (QED) is 0.826. The summed E-state index contributed by atoms with van der Waals surface area (Å²) in [4.78, 5) is 34.9. The van der Waals surface area contributed by atoms with Crippen LogP contribution in [0.4, 0.5) is 0 Å². The minimum Gasteiger partial charge on any atom is -0.465 e. The number of esters is 1. The normalized spacial score (nSPS) is 13.7. The molecule has 1 aromatic rings. The van der Waals surface area contributed by atoms with Gasteiger partial charge in [0.15, 0.2) is 5.78 Å². The second kappa shape index (κ2) is 5.86. The SMILES string of the molecule is COC(=O)c1ccc(C(=O)NCC(=O)C2CC2)cc1C. The summed E-state index contributed by atoms with van der Waals surface area (Å²) in [6.07, 6.45) is 1.86. The van der Waals surface area contributed by atoms with E-state index in [-0.39, 0.29) is 24.2 Å². The van der Waals surface area contributed by atoms with Crippen LogP contribution in [0.1, 0.15) is 39.1 Å². The summed E-state index contributed by atoms with van der Waals surface area (Å²) in [7, 11) is 1.31. The topological polar surface area (TPSA) is 72.5 Å². The predicted molar refractivity (Wildman–Crippen MR) is 72.6 cm³/mol. The smallest absolute Gasteiger partial charge is 0.338 e. The molecule has 0 aliphatic heterocycles. The van der Waals surface area contributed by atoms with Gasteiger partial charge in [0.25, 0.3) is 5.91 Å². The number of rotatable bonds is 5. The first-order valence-electron chi connectivity index (χ1n) is 6.53. The van der Waals surface area contributed by atoms with Crippen LogP contribution in [-0.2, 0) is 9.53 Å². The van der Waals surface area contributed by atoms with Crippen LogP contribution in [0.25, 0.3) is 0 Å². The number of carbonyl (C=O) groups excluding carboxylic acids is 3. The second-order valence-electron chi connectivity index (χ2n) is 4.94. The van der Waals surface area contributed by atoms with E-state index in [1.807, 2.05) is 0 Å². The molecule has 1 N–H and O–H groups in total. The molecule has 2 rings (SSSR count). The number of ether oxygens (including phenoxy) is 1. The lowest BCUT2D eigenvalue weighted by atomic mass is 10.0. The molecule has 0 atom stereocenters. The van der Waals surface area contributed by atoms with Crippen molar-refractivity contribution >= 4 is 17.7 Å². The number of hydrogen-bond donors (Lipinski definition) is 1. The van der Waals surface area contributed by atoms with E-state index in [4.69, 9.17) is 0 Å². The molecule has 1 aliphatic carbocycles. The molecule has 1 aromatic carbocycles. The van der Waals surface area contributed by atoms with E-state index in [0.717, 1.165) is 12.8 Å². The predicted octanol–water partition coefficient (Wildman–Crippen LogP) is 1.49. The van der Waals surface area contributed by atoms with Crippen molar-refractivity contribution < 1.29 is 19.1 Å². The number of Topliss-reactive ketones (excluding diaryl/α,β-unsaturated/α-hetero) is 1. The van der Waals surface area contributed by atoms with Crippen LogP contribution in [0.5, 0.6) is 0 Å². The molecular weight excluding hydrogens is 258 g/mol. The highest BCUT2D eigenvalue weighted by molar-refractivity contribution is 5.99. The fraction of sp³-hybridized carbons (Fsp3) is 0.400. The first-order valence-corrected chi connectivity index (χ1v) is 6.53. The standard InChI is InChI=1S/C15H17NO4/c1-9-7-11(5-6-12(9)15(19)20-2)14(18)16-8-13(17)10-3-4-10/h5-7,10H,3-4,8H2,1-2H3,(H,16,18). The van der Waals surface area contributed by atoms with Gasteiger partial charge in [0.1, 0.15) is 0 Å². The van der Waals surface area contributed by atoms with Crippen molar-refractivity contribution in [2.24, 2.45) is 5.92 Å². The van der Waals surface area contributed by atoms with Crippen LogP contribution in [0, 0.1) is 12.8 Å². The average molecular weight is 275 g/mol. The molecule has 0 spiro atoms. The Balaban J connectivity index is 2.01. The molecule has 0 saturated heterocycles. The van der Waals surface area contributed by atoms with Gasteiger partial charge in [-0.05, 0) is 43.5 Å². The molecular formula is C15H17NO4. The molecule has 0 radical (unpaired) electrons. The monoisotopic (exact) mass is 275 g/mol. The van der Waals surface area contributed by atoms with Gasteiger partial charge in [0.05, 0.1) is 19.2 Å². The molecule has 1 amide bonds. The van der Waals surface area contributed by atoms with Gasteiger partial charge in [-0.1, -0.05) is 0 Å². The van der Waals surface area contributed by atoms with E-state index in [1.165, 1.54) is 7.11 Å². The van der Waals surface area contributed by atoms with E-state index in [2.05, 4.69) is 10.1 Å². The van der Waals surface area contributed by atoms with Crippen LogP contribution in [-0.4, -0.2) is 31.3 Å². The van der Waals surface area contributed by atoms with E-state index in [9.17, 15) is 14.4 Å². The molecule has 5 nitrogen and oxygen atoms in total. The Morgan fingerprint density at radius 2 is 2.00 bits per heavy atom. The van der Waals surface area contributed by atoms with E-state index in [1.54, 1.807) is 25.1 Å². The van der Waals surface area contributed by atoms with Crippen molar-refractivity contribution in [2.45, 2.75) is 19.8 Å². The molecule has 0 bridgehead atoms. The van der Waals surface area contributed by atoms with Gasteiger partial charge in [-0.15, -0.1) is 0 Å². The fourth-order valence-corrected chi connectivity index (χ4v) is 1.96. The highest BCUT2D eigenvalue weighted by atomic mass is 16.5. The van der Waals surface area contributed by atoms with Gasteiger partial charge in [0.2, 0.25) is 0 Å². The van der Waals surface area contributed by atoms with Crippen LogP contribution in [0.15, 0.2) is 18.2 Å². The van der Waals surface area contributed by atoms with Gasteiger partial charge in [0, 0.05) is 11.5 Å². The first kappa shape index (κ1) is 14.2. The lowest BCUT2D eigenvalue weighted by molar-refractivity contribution is -0.119. The molecule has 1 saturated carbocycles. The Bertz CT molecular complexity index is 561. The second-order valence-corrected chi connectivity index (χ2v) is 4.94. The number of hydrogen-bond acceptors (Lipinski definition) is 4. The third kappa shape index (κ3) is 3.23. The molecule has 0 heterocycles. The minimum atomic E-state index is -0.432. The Hall–Kier alpha value is -2.17. The Morgan fingerprint density at radius 1 is 1.30 bits per heavy atom. The number of ketones is 1. The summed E-state index contributed by atoms with van der Waals surface area (Å²) in [6.45, 7) is 1.81. The van der Waals surface area contributed by atoms with Crippen molar-refractivity contribution in [2.75, 3.05) is 13.7 Å². The van der Waals surface area contributed by atoms with Crippen molar-refractivity contribution in [1.82, 2.24) is 5.32 Å². The summed E-state index contributed by atoms with van der Waals surface area (Å²) in [5, 5.41) is 2.61. The fourth-order valence-electron chi connectivity index (χ4n) is 1.96. The van der Waals surface area contributed by atoms with E-state index < -0.39 is 5.97 Å². The highest BCUT2D eigenvalue weighted by Gasteiger charge is 2.29. The maximum Gasteiger partial charge on any atom is 0.338 e. The molecule has 20 heavy (non-hydrogen) atoms. The van der Waals surface area contributed by atoms with Crippen molar-refractivity contribution in [3.05, 3.63) is 34.9 Å². The van der Waals surface area contributed by atoms with Crippen LogP contribution < -0.4 is 5.32 Å². The maximum atomic E-state index is 11.9. The van der Waals surface area contributed by atoms with Crippen molar-refractivity contribution in [1.29, 1.82) is 0 Å². The Labute approximate surface area is 117 Å². The summed E-state index contributed by atoms with van der Waals surface area (Å²) < 4.78 is 4.65. The molecule has 0 unspecified atom stereocenters. The minimum absolute atomic E-state index is 0.0707. The van der Waals surface area contributed by atoms with Gasteiger partial charge in [-0.2, -0.15) is 0 Å². The molecule has 1 fully saturated rings. The number of nitrogens with one attached hydrogen (secondary N) is 1. The number of carbonyl (C=O) groups is 3. The van der Waals surface area contributed by atoms with Gasteiger partial charge in [-0.25, -0.2) is 4.79 Å². The van der Waals surface area contributed by atoms with Crippen molar-refractivity contribution in [3.63, 3.8) is 0 Å². The van der Waals surface area contributed by atoms with Gasteiger partial charge >= 0.3 is 5.97 Å². The summed E-state index contributed by atoms with van der Waals surface area (Å²) in [5.41, 5.74) is 1.52. The van der Waals surface area contributed by atoms with E-state index >= 15 is 0 Å². The van der Waals surface area contributed by atoms with Crippen LogP contribution in [0.2, 0.25) is 0 Å². The first-order chi connectivity index (χ1) is 9.52. The third-order valence-corrected chi connectivity index (χ3v) is 3.35. The van der Waals surface area contributed by atoms with Crippen LogP contribution >= 0.6 is 0 Å². The van der Waals surface area contributed by atoms with Crippen molar-refractivity contribution in [3.8, 4) is 0 Å². The Kier molecular flexibility index (Phi) is 4.17. The zero-order chi connectivity index (χ0) is 14.7. The largest absolute Gasteiger partial charge is 0.465 e.